The summed E-state index contributed by atoms with van der Waals surface area (Å²) >= 11 is 5.87. The lowest BCUT2D eigenvalue weighted by Crippen LogP contribution is -2.43. The fourth-order valence-electron chi connectivity index (χ4n) is 5.80. The van der Waals surface area contributed by atoms with Crippen LogP contribution < -0.4 is 4.74 Å². The van der Waals surface area contributed by atoms with E-state index in [2.05, 4.69) is 57.6 Å². The first-order valence-corrected chi connectivity index (χ1v) is 11.4. The molecule has 1 aromatic carbocycles. The molecular formula is C20H26BrIO2. The lowest BCUT2D eigenvalue weighted by atomic mass is 9.55. The van der Waals surface area contributed by atoms with Gasteiger partial charge in [-0.1, -0.05) is 22.9 Å². The van der Waals surface area contributed by atoms with Gasteiger partial charge in [0, 0.05) is 5.33 Å². The predicted molar refractivity (Wildman–Crippen MR) is 109 cm³/mol. The lowest BCUT2D eigenvalue weighted by Gasteiger charge is -2.50. The molecule has 5 atom stereocenters. The Morgan fingerprint density at radius 2 is 2.12 bits per heavy atom. The van der Waals surface area contributed by atoms with Gasteiger partial charge in [-0.3, -0.25) is 0 Å². The molecule has 2 nitrogen and oxygen atoms in total. The van der Waals surface area contributed by atoms with E-state index in [0.717, 1.165) is 30.0 Å². The first-order chi connectivity index (χ1) is 11.5. The van der Waals surface area contributed by atoms with Crippen LogP contribution in [0, 0.1) is 20.8 Å². The number of alkyl halides is 1. The van der Waals surface area contributed by atoms with Gasteiger partial charge in [0.05, 0.1) is 16.3 Å². The van der Waals surface area contributed by atoms with E-state index < -0.39 is 0 Å². The summed E-state index contributed by atoms with van der Waals surface area (Å²) in [6, 6.07) is 4.69. The Balaban J connectivity index is 1.64. The molecule has 1 N–H and O–H groups in total. The van der Waals surface area contributed by atoms with E-state index in [9.17, 15) is 5.11 Å². The number of hydrogen-bond acceptors (Lipinski definition) is 2. The molecule has 2 fully saturated rings. The van der Waals surface area contributed by atoms with Crippen LogP contribution in [0.5, 0.6) is 5.75 Å². The molecule has 1 aromatic rings. The predicted octanol–water partition coefficient (Wildman–Crippen LogP) is 5.28. The van der Waals surface area contributed by atoms with E-state index in [0.29, 0.717) is 11.8 Å². The normalized spacial score (nSPS) is 37.5. The number of halogens is 2. The number of hydrogen-bond donors (Lipinski definition) is 1. The van der Waals surface area contributed by atoms with Gasteiger partial charge in [0.15, 0.2) is 0 Å². The van der Waals surface area contributed by atoms with Crippen molar-refractivity contribution in [3.8, 4) is 5.75 Å². The molecule has 0 saturated heterocycles. The summed E-state index contributed by atoms with van der Waals surface area (Å²) in [7, 11) is 0. The van der Waals surface area contributed by atoms with E-state index >= 15 is 0 Å². The van der Waals surface area contributed by atoms with Crippen molar-refractivity contribution in [1.29, 1.82) is 0 Å². The molecule has 0 radical (unpaired) electrons. The zero-order valence-corrected chi connectivity index (χ0v) is 18.0. The quantitative estimate of drug-likeness (QED) is 0.448. The largest absolute Gasteiger partial charge is 0.492 e. The van der Waals surface area contributed by atoms with E-state index in [1.807, 2.05) is 0 Å². The van der Waals surface area contributed by atoms with Crippen LogP contribution in [0.2, 0.25) is 0 Å². The molecule has 4 rings (SSSR count). The van der Waals surface area contributed by atoms with Crippen molar-refractivity contribution in [1.82, 2.24) is 0 Å². The zero-order valence-electron chi connectivity index (χ0n) is 14.2. The van der Waals surface area contributed by atoms with E-state index in [4.69, 9.17) is 4.74 Å². The second-order valence-electron chi connectivity index (χ2n) is 8.07. The van der Waals surface area contributed by atoms with Crippen molar-refractivity contribution in [3.05, 3.63) is 26.8 Å². The van der Waals surface area contributed by atoms with Crippen LogP contribution in [0.3, 0.4) is 0 Å². The molecular weight excluding hydrogens is 479 g/mol. The van der Waals surface area contributed by atoms with Gasteiger partial charge in [0.1, 0.15) is 5.75 Å². The average molecular weight is 505 g/mol. The van der Waals surface area contributed by atoms with Gasteiger partial charge in [-0.15, -0.1) is 0 Å². The third-order valence-electron chi connectivity index (χ3n) is 7.06. The highest BCUT2D eigenvalue weighted by Gasteiger charge is 2.54. The van der Waals surface area contributed by atoms with E-state index in [1.54, 1.807) is 5.56 Å². The standard InChI is InChI=1S/C20H26BrIO2/c1-20-7-6-13-14(16(20)4-5-19(20)23)3-2-12-10-18(24-9-8-21)17(22)11-15(12)13/h10-11,13-14,16,19,23H,2-9H2,1H3/t13-,14+,16-,19-,20-/m0/s1. The highest BCUT2D eigenvalue weighted by molar-refractivity contribution is 14.1. The van der Waals surface area contributed by atoms with Gasteiger partial charge < -0.3 is 9.84 Å². The minimum Gasteiger partial charge on any atom is -0.492 e. The fourth-order valence-corrected chi connectivity index (χ4v) is 6.61. The maximum absolute atomic E-state index is 10.5. The topological polar surface area (TPSA) is 29.5 Å². The lowest BCUT2D eigenvalue weighted by molar-refractivity contribution is -0.0226. The summed E-state index contributed by atoms with van der Waals surface area (Å²) < 4.78 is 7.14. The van der Waals surface area contributed by atoms with Crippen LogP contribution in [0.15, 0.2) is 12.1 Å². The molecule has 0 aliphatic heterocycles. The molecule has 0 bridgehead atoms. The first kappa shape index (κ1) is 17.6. The minimum atomic E-state index is -0.0787. The number of rotatable bonds is 3. The molecule has 0 amide bonds. The van der Waals surface area contributed by atoms with Crippen LogP contribution in [0.4, 0.5) is 0 Å². The summed E-state index contributed by atoms with van der Waals surface area (Å²) in [6.45, 7) is 3.07. The van der Waals surface area contributed by atoms with Gasteiger partial charge in [-0.2, -0.15) is 0 Å². The molecule has 4 heteroatoms. The summed E-state index contributed by atoms with van der Waals surface area (Å²) in [4.78, 5) is 0. The van der Waals surface area contributed by atoms with Gasteiger partial charge in [0.25, 0.3) is 0 Å². The minimum absolute atomic E-state index is 0.0787. The number of ether oxygens (including phenoxy) is 1. The molecule has 132 valence electrons. The third kappa shape index (κ3) is 2.75. The van der Waals surface area contributed by atoms with Gasteiger partial charge in [-0.05, 0) is 108 Å². The average Bonchev–Trinajstić information content (AvgIpc) is 2.88. The van der Waals surface area contributed by atoms with Crippen molar-refractivity contribution in [2.45, 2.75) is 57.5 Å². The summed E-state index contributed by atoms with van der Waals surface area (Å²) in [6.07, 6.45) is 7.01. The second-order valence-corrected chi connectivity index (χ2v) is 10.0. The fraction of sp³-hybridized carbons (Fsp3) is 0.700. The molecule has 3 aliphatic carbocycles. The van der Waals surface area contributed by atoms with Crippen molar-refractivity contribution < 1.29 is 9.84 Å². The number of aliphatic hydroxyl groups is 1. The van der Waals surface area contributed by atoms with Crippen LogP contribution in [0.25, 0.3) is 0 Å². The Morgan fingerprint density at radius 3 is 2.92 bits per heavy atom. The molecule has 3 aliphatic rings. The van der Waals surface area contributed by atoms with Crippen molar-refractivity contribution >= 4 is 38.5 Å². The Morgan fingerprint density at radius 1 is 1.29 bits per heavy atom. The van der Waals surface area contributed by atoms with Crippen LogP contribution >= 0.6 is 38.5 Å². The number of fused-ring (bicyclic) bond motifs is 5. The number of aliphatic hydroxyl groups excluding tert-OH is 1. The highest BCUT2D eigenvalue weighted by atomic mass is 127. The van der Waals surface area contributed by atoms with Crippen LogP contribution in [-0.4, -0.2) is 23.1 Å². The Bertz CT molecular complexity index is 634. The molecule has 0 spiro atoms. The summed E-state index contributed by atoms with van der Waals surface area (Å²) in [5.41, 5.74) is 3.25. The van der Waals surface area contributed by atoms with Crippen molar-refractivity contribution in [3.63, 3.8) is 0 Å². The van der Waals surface area contributed by atoms with Crippen molar-refractivity contribution in [2.75, 3.05) is 11.9 Å². The highest BCUT2D eigenvalue weighted by Crippen LogP contribution is 2.61. The molecule has 2 saturated carbocycles. The number of aryl methyl sites for hydroxylation is 1. The van der Waals surface area contributed by atoms with Crippen LogP contribution in [-0.2, 0) is 6.42 Å². The van der Waals surface area contributed by atoms with E-state index in [1.165, 1.54) is 41.2 Å². The van der Waals surface area contributed by atoms with E-state index in [-0.39, 0.29) is 11.5 Å². The van der Waals surface area contributed by atoms with Crippen LogP contribution in [0.1, 0.15) is 56.1 Å². The maximum atomic E-state index is 10.5. The van der Waals surface area contributed by atoms with Gasteiger partial charge >= 0.3 is 0 Å². The van der Waals surface area contributed by atoms with Gasteiger partial charge in [0.2, 0.25) is 0 Å². The third-order valence-corrected chi connectivity index (χ3v) is 8.23. The summed E-state index contributed by atoms with van der Waals surface area (Å²) in [5, 5.41) is 11.4. The molecule has 0 aromatic heterocycles. The smallest absolute Gasteiger partial charge is 0.132 e. The Hall–Kier alpha value is 0.190. The molecule has 0 heterocycles. The SMILES string of the molecule is C[C@]12CC[C@@H]3c4cc(I)c(OCCBr)cc4CC[C@H]3[C@@H]1CC[C@@H]2O. The van der Waals surface area contributed by atoms with Gasteiger partial charge in [-0.25, -0.2) is 0 Å². The van der Waals surface area contributed by atoms with Crippen molar-refractivity contribution in [2.24, 2.45) is 17.3 Å². The first-order valence-electron chi connectivity index (χ1n) is 9.23. The number of benzene rings is 1. The Labute approximate surface area is 167 Å². The summed E-state index contributed by atoms with van der Waals surface area (Å²) in [5.74, 6) is 3.21. The monoisotopic (exact) mass is 504 g/mol. The Kier molecular flexibility index (Phi) is 4.93. The second kappa shape index (κ2) is 6.73. The zero-order chi connectivity index (χ0) is 16.9. The molecule has 24 heavy (non-hydrogen) atoms. The maximum Gasteiger partial charge on any atom is 0.132 e. The molecule has 0 unspecified atom stereocenters.